The third-order valence-corrected chi connectivity index (χ3v) is 4.33. The van der Waals surface area contributed by atoms with Gasteiger partial charge in [0.25, 0.3) is 20.2 Å². The van der Waals surface area contributed by atoms with E-state index >= 15 is 0 Å². The van der Waals surface area contributed by atoms with Gasteiger partial charge in [0.05, 0.1) is 18.1 Å². The Kier molecular flexibility index (Phi) is 15.2. The van der Waals surface area contributed by atoms with Crippen LogP contribution in [0.2, 0.25) is 0 Å². The van der Waals surface area contributed by atoms with Gasteiger partial charge in [0.1, 0.15) is 13.2 Å². The summed E-state index contributed by atoms with van der Waals surface area (Å²) in [6.07, 6.45) is 10.0. The minimum absolute atomic E-state index is 0.0531. The van der Waals surface area contributed by atoms with Crippen molar-refractivity contribution in [2.75, 3.05) is 52.2 Å². The van der Waals surface area contributed by atoms with Crippen LogP contribution in [0.1, 0.15) is 6.42 Å². The molecule has 0 fully saturated rings. The molecule has 0 aromatic rings. The maximum atomic E-state index is 10.9. The molecule has 0 N–H and O–H groups in total. The van der Waals surface area contributed by atoms with E-state index in [0.29, 0.717) is 13.0 Å². The fourth-order valence-electron chi connectivity index (χ4n) is 0.931. The van der Waals surface area contributed by atoms with Gasteiger partial charge in [-0.2, -0.15) is 16.8 Å². The Morgan fingerprint density at radius 1 is 0.783 bits per heavy atom. The topological polar surface area (TPSA) is 105 Å². The second-order valence-electron chi connectivity index (χ2n) is 3.80. The van der Waals surface area contributed by atoms with Crippen molar-refractivity contribution in [2.24, 2.45) is 0 Å². The highest BCUT2D eigenvalue weighted by atomic mass is 32.2. The normalized spacial score (nSPS) is 11.0. The summed E-state index contributed by atoms with van der Waals surface area (Å²) >= 11 is 0. The van der Waals surface area contributed by atoms with E-state index in [1.54, 1.807) is 0 Å². The Morgan fingerprint density at radius 3 is 1.61 bits per heavy atom. The highest BCUT2D eigenvalue weighted by Gasteiger charge is 2.09. The first-order valence-corrected chi connectivity index (χ1v) is 9.49. The maximum absolute atomic E-state index is 10.9. The van der Waals surface area contributed by atoms with Gasteiger partial charge in [0.2, 0.25) is 0 Å². The van der Waals surface area contributed by atoms with Gasteiger partial charge in [-0.25, -0.2) is 0 Å². The predicted molar refractivity (Wildman–Crippen MR) is 85.5 cm³/mol. The van der Waals surface area contributed by atoms with Gasteiger partial charge in [-0.1, -0.05) is 11.8 Å². The van der Waals surface area contributed by atoms with Gasteiger partial charge in [-0.05, 0) is 6.42 Å². The van der Waals surface area contributed by atoms with Gasteiger partial charge in [-0.15, -0.1) is 12.8 Å². The number of terminal acetylenes is 2. The summed E-state index contributed by atoms with van der Waals surface area (Å²) in [4.78, 5) is 0. The molecule has 0 aromatic heterocycles. The average Bonchev–Trinajstić information content (AvgIpc) is 2.50. The average molecular weight is 370 g/mol. The molecule has 0 spiro atoms. The summed E-state index contributed by atoms with van der Waals surface area (Å²) in [6.45, 7) is 0.104. The van der Waals surface area contributed by atoms with Crippen LogP contribution in [0.3, 0.4) is 0 Å². The van der Waals surface area contributed by atoms with Crippen molar-refractivity contribution in [1.82, 2.24) is 0 Å². The van der Waals surface area contributed by atoms with Crippen LogP contribution < -0.4 is 0 Å². The molecule has 134 valence electrons. The Morgan fingerprint density at radius 2 is 1.22 bits per heavy atom. The highest BCUT2D eigenvalue weighted by Crippen LogP contribution is 1.95. The van der Waals surface area contributed by atoms with Crippen LogP contribution in [0.5, 0.6) is 0 Å². The summed E-state index contributed by atoms with van der Waals surface area (Å²) in [6, 6.07) is 0. The summed E-state index contributed by atoms with van der Waals surface area (Å²) in [5.41, 5.74) is 0. The number of rotatable bonds is 11. The van der Waals surface area contributed by atoms with Gasteiger partial charge < -0.3 is 9.47 Å². The molecule has 10 heteroatoms. The van der Waals surface area contributed by atoms with Gasteiger partial charge in [0, 0.05) is 20.8 Å². The summed E-state index contributed by atoms with van der Waals surface area (Å²) < 4.78 is 61.3. The van der Waals surface area contributed by atoms with Crippen LogP contribution >= 0.6 is 0 Å². The van der Waals surface area contributed by atoms with Gasteiger partial charge >= 0.3 is 0 Å². The lowest BCUT2D eigenvalue weighted by molar-refractivity contribution is 0.198. The van der Waals surface area contributed by atoms with Crippen LogP contribution in [0.15, 0.2) is 0 Å². The van der Waals surface area contributed by atoms with E-state index in [1.807, 2.05) is 0 Å². The molecule has 0 saturated heterocycles. The number of hydrogen-bond donors (Lipinski definition) is 0. The Balaban J connectivity index is 0. The van der Waals surface area contributed by atoms with Gasteiger partial charge in [0.15, 0.2) is 0 Å². The number of ether oxygens (including phenoxy) is 2. The molecular formula is C13H22O8S2. The lowest BCUT2D eigenvalue weighted by Crippen LogP contribution is -2.14. The van der Waals surface area contributed by atoms with E-state index in [1.165, 1.54) is 14.2 Å². The standard InChI is InChI=1S/C7H12O4S.C6H10O4S/c1-3-5-11-12(8,9)7-4-6-10-2;1-3-4-10-11(7,8)6-5-9-2/h1H,4-7H2,2H3;1H,4-6H2,2H3. The van der Waals surface area contributed by atoms with E-state index < -0.39 is 20.2 Å². The number of hydrogen-bond acceptors (Lipinski definition) is 8. The first kappa shape index (κ1) is 24.1. The number of methoxy groups -OCH3 is 2. The SMILES string of the molecule is C#CCOS(=O)(=O)CCCOC.C#CCOS(=O)(=O)CCOC. The lowest BCUT2D eigenvalue weighted by Gasteiger charge is -2.01. The molecule has 0 radical (unpaired) electrons. The van der Waals surface area contributed by atoms with Crippen molar-refractivity contribution in [3.05, 3.63) is 0 Å². The second kappa shape index (κ2) is 14.5. The molecule has 0 aromatic carbocycles. The largest absolute Gasteiger partial charge is 0.385 e. The van der Waals surface area contributed by atoms with Crippen LogP contribution in [0.4, 0.5) is 0 Å². The molecule has 0 aliphatic heterocycles. The molecule has 0 unspecified atom stereocenters. The molecule has 0 rings (SSSR count). The van der Waals surface area contributed by atoms with Crippen LogP contribution in [0.25, 0.3) is 0 Å². The smallest absolute Gasteiger partial charge is 0.270 e. The molecule has 23 heavy (non-hydrogen) atoms. The van der Waals surface area contributed by atoms with Crippen LogP contribution in [0, 0.1) is 24.7 Å². The Hall–Kier alpha value is -1.14. The van der Waals surface area contributed by atoms with Crippen LogP contribution in [-0.4, -0.2) is 69.0 Å². The monoisotopic (exact) mass is 370 g/mol. The molecule has 0 bridgehead atoms. The maximum Gasteiger partial charge on any atom is 0.270 e. The first-order chi connectivity index (χ1) is 10.7. The summed E-state index contributed by atoms with van der Waals surface area (Å²) in [7, 11) is -3.99. The fourth-order valence-corrected chi connectivity index (χ4v) is 2.50. The predicted octanol–water partition coefficient (Wildman–Crippen LogP) is -0.385. The van der Waals surface area contributed by atoms with Crippen molar-refractivity contribution in [3.8, 4) is 24.7 Å². The Labute approximate surface area is 138 Å². The summed E-state index contributed by atoms with van der Waals surface area (Å²) in [5, 5.41) is 0. The fraction of sp³-hybridized carbons (Fsp3) is 0.692. The molecule has 0 aliphatic carbocycles. The minimum atomic E-state index is -3.47. The van der Waals surface area contributed by atoms with Crippen molar-refractivity contribution in [3.63, 3.8) is 0 Å². The zero-order chi connectivity index (χ0) is 18.2. The minimum Gasteiger partial charge on any atom is -0.385 e. The van der Waals surface area contributed by atoms with E-state index in [-0.39, 0.29) is 31.3 Å². The molecule has 0 amide bonds. The van der Waals surface area contributed by atoms with Crippen molar-refractivity contribution >= 4 is 20.2 Å². The highest BCUT2D eigenvalue weighted by molar-refractivity contribution is 7.86. The first-order valence-electron chi connectivity index (χ1n) is 6.33. The van der Waals surface area contributed by atoms with Crippen molar-refractivity contribution in [1.29, 1.82) is 0 Å². The zero-order valence-corrected chi connectivity index (χ0v) is 14.8. The Bertz CT molecular complexity index is 566. The molecule has 0 heterocycles. The third-order valence-electron chi connectivity index (χ3n) is 1.92. The van der Waals surface area contributed by atoms with Crippen LogP contribution in [-0.2, 0) is 38.1 Å². The molecule has 0 atom stereocenters. The van der Waals surface area contributed by atoms with E-state index in [9.17, 15) is 16.8 Å². The molecular weight excluding hydrogens is 348 g/mol. The molecule has 0 aliphatic rings. The van der Waals surface area contributed by atoms with Gasteiger partial charge in [-0.3, -0.25) is 8.37 Å². The summed E-state index contributed by atoms with van der Waals surface area (Å²) in [5.74, 6) is 3.93. The van der Waals surface area contributed by atoms with Crippen molar-refractivity contribution in [2.45, 2.75) is 6.42 Å². The molecule has 0 saturated carbocycles. The second-order valence-corrected chi connectivity index (χ2v) is 7.31. The third kappa shape index (κ3) is 18.8. The van der Waals surface area contributed by atoms with Crippen molar-refractivity contribution < 1.29 is 34.7 Å². The van der Waals surface area contributed by atoms with E-state index in [4.69, 9.17) is 12.8 Å². The van der Waals surface area contributed by atoms with E-state index in [2.05, 4.69) is 29.7 Å². The quantitative estimate of drug-likeness (QED) is 0.275. The lowest BCUT2D eigenvalue weighted by atomic mass is 10.5. The zero-order valence-electron chi connectivity index (χ0n) is 13.2. The van der Waals surface area contributed by atoms with E-state index in [0.717, 1.165) is 0 Å². The molecule has 8 nitrogen and oxygen atoms in total.